The number of hydrogen-bond acceptors (Lipinski definition) is 2. The van der Waals surface area contributed by atoms with Gasteiger partial charge in [0, 0.05) is 24.4 Å². The Labute approximate surface area is 138 Å². The second kappa shape index (κ2) is 4.97. The zero-order valence-electron chi connectivity index (χ0n) is 13.4. The number of allylic oxidation sites excluding steroid dienone is 2. The Bertz CT molecular complexity index is 685. The second-order valence-corrected chi connectivity index (χ2v) is 7.52. The van der Waals surface area contributed by atoms with Crippen LogP contribution in [0, 0.1) is 17.3 Å². The fourth-order valence-electron chi connectivity index (χ4n) is 4.34. The van der Waals surface area contributed by atoms with Gasteiger partial charge in [0.2, 0.25) is 0 Å². The lowest BCUT2D eigenvalue weighted by molar-refractivity contribution is -0.185. The SMILES string of the molecule is CC(=C1CC1)C1C=C(C23CC2CN(C(=O)C(F)(F)F)C3)C=CC1O. The van der Waals surface area contributed by atoms with Crippen LogP contribution in [0.25, 0.3) is 0 Å². The van der Waals surface area contributed by atoms with E-state index in [-0.39, 0.29) is 30.3 Å². The lowest BCUT2D eigenvalue weighted by atomic mass is 9.81. The number of rotatable bonds is 2. The molecule has 3 nitrogen and oxygen atoms in total. The van der Waals surface area contributed by atoms with Crippen molar-refractivity contribution in [3.8, 4) is 0 Å². The van der Waals surface area contributed by atoms with Gasteiger partial charge in [-0.25, -0.2) is 0 Å². The molecule has 1 saturated heterocycles. The number of halogens is 3. The van der Waals surface area contributed by atoms with E-state index in [1.165, 1.54) is 11.1 Å². The smallest absolute Gasteiger partial charge is 0.388 e. The van der Waals surface area contributed by atoms with Crippen LogP contribution >= 0.6 is 0 Å². The molecule has 3 fully saturated rings. The highest BCUT2D eigenvalue weighted by Crippen LogP contribution is 2.63. The Hall–Kier alpha value is -1.56. The minimum atomic E-state index is -4.81. The first-order chi connectivity index (χ1) is 11.2. The number of alkyl halides is 3. The molecule has 4 aliphatic rings. The number of piperidine rings is 1. The molecule has 1 amide bonds. The lowest BCUT2D eigenvalue weighted by Gasteiger charge is -2.28. The molecule has 130 valence electrons. The summed E-state index contributed by atoms with van der Waals surface area (Å²) in [6.45, 7) is 2.33. The Kier molecular flexibility index (Phi) is 3.30. The molecule has 0 aromatic heterocycles. The van der Waals surface area contributed by atoms with E-state index in [0.29, 0.717) is 0 Å². The molecule has 24 heavy (non-hydrogen) atoms. The molecule has 0 radical (unpaired) electrons. The maximum Gasteiger partial charge on any atom is 0.471 e. The fourth-order valence-corrected chi connectivity index (χ4v) is 4.34. The van der Waals surface area contributed by atoms with Gasteiger partial charge in [0.25, 0.3) is 0 Å². The van der Waals surface area contributed by atoms with Crippen LogP contribution in [0.5, 0.6) is 0 Å². The van der Waals surface area contributed by atoms with E-state index in [2.05, 4.69) is 0 Å². The number of carbonyl (C=O) groups excluding carboxylic acids is 1. The lowest BCUT2D eigenvalue weighted by Crippen LogP contribution is -2.41. The molecule has 4 atom stereocenters. The first kappa shape index (κ1) is 15.9. The number of likely N-dealkylation sites (tertiary alicyclic amines) is 1. The van der Waals surface area contributed by atoms with Crippen molar-refractivity contribution in [3.05, 3.63) is 34.9 Å². The summed E-state index contributed by atoms with van der Waals surface area (Å²) >= 11 is 0. The van der Waals surface area contributed by atoms with Crippen LogP contribution in [-0.2, 0) is 4.79 Å². The number of hydrogen-bond donors (Lipinski definition) is 1. The Balaban J connectivity index is 1.56. The predicted octanol–water partition coefficient (Wildman–Crippen LogP) is 2.98. The standard InChI is InChI=1S/C18H20F3NO2/c1-10(11-2-3-11)14-6-12(4-5-15(14)23)17-7-13(17)8-22(9-17)16(24)18(19,20)21/h4-6,13-15,23H,2-3,7-9H2,1H3. The van der Waals surface area contributed by atoms with Crippen LogP contribution in [0.1, 0.15) is 26.2 Å². The Morgan fingerprint density at radius 1 is 1.38 bits per heavy atom. The molecule has 2 saturated carbocycles. The highest BCUT2D eigenvalue weighted by Gasteiger charge is 2.64. The second-order valence-electron chi connectivity index (χ2n) is 7.52. The van der Waals surface area contributed by atoms with Gasteiger partial charge in [0.05, 0.1) is 6.10 Å². The number of nitrogens with zero attached hydrogens (tertiary/aromatic N) is 1. The molecule has 3 aliphatic carbocycles. The van der Waals surface area contributed by atoms with Crippen LogP contribution in [0.2, 0.25) is 0 Å². The number of carbonyl (C=O) groups is 1. The van der Waals surface area contributed by atoms with Crippen LogP contribution in [0.3, 0.4) is 0 Å². The third kappa shape index (κ3) is 2.42. The summed E-state index contributed by atoms with van der Waals surface area (Å²) in [5.41, 5.74) is 3.19. The zero-order chi connectivity index (χ0) is 17.3. The van der Waals surface area contributed by atoms with Gasteiger partial charge in [-0.15, -0.1) is 0 Å². The molecule has 0 aromatic carbocycles. The van der Waals surface area contributed by atoms with Crippen molar-refractivity contribution in [2.24, 2.45) is 17.3 Å². The number of aliphatic hydroxyl groups excluding tert-OH is 1. The third-order valence-corrected chi connectivity index (χ3v) is 6.01. The summed E-state index contributed by atoms with van der Waals surface area (Å²) in [5.74, 6) is -1.72. The molecule has 1 N–H and O–H groups in total. The van der Waals surface area contributed by atoms with E-state index in [0.717, 1.165) is 29.7 Å². The molecular weight excluding hydrogens is 319 g/mol. The van der Waals surface area contributed by atoms with E-state index in [9.17, 15) is 23.1 Å². The van der Waals surface area contributed by atoms with Crippen molar-refractivity contribution >= 4 is 5.91 Å². The molecule has 4 unspecified atom stereocenters. The van der Waals surface area contributed by atoms with Crippen molar-refractivity contribution in [3.63, 3.8) is 0 Å². The molecule has 4 rings (SSSR count). The molecule has 1 aliphatic heterocycles. The predicted molar refractivity (Wildman–Crippen MR) is 81.8 cm³/mol. The quantitative estimate of drug-likeness (QED) is 0.786. The summed E-state index contributed by atoms with van der Waals surface area (Å²) < 4.78 is 38.0. The topological polar surface area (TPSA) is 40.5 Å². The maximum absolute atomic E-state index is 12.7. The molecule has 0 bridgehead atoms. The average molecular weight is 339 g/mol. The van der Waals surface area contributed by atoms with Crippen molar-refractivity contribution in [2.45, 2.75) is 38.5 Å². The van der Waals surface area contributed by atoms with E-state index >= 15 is 0 Å². The fraction of sp³-hybridized carbons (Fsp3) is 0.611. The van der Waals surface area contributed by atoms with Gasteiger partial charge in [-0.1, -0.05) is 29.4 Å². The Morgan fingerprint density at radius 3 is 2.71 bits per heavy atom. The molecular formula is C18H20F3NO2. The van der Waals surface area contributed by atoms with Gasteiger partial charge in [-0.3, -0.25) is 4.79 Å². The van der Waals surface area contributed by atoms with Gasteiger partial charge in [-0.05, 0) is 37.7 Å². The normalized spacial score (nSPS) is 37.2. The first-order valence-corrected chi connectivity index (χ1v) is 8.35. The van der Waals surface area contributed by atoms with E-state index < -0.39 is 18.2 Å². The minimum Gasteiger partial charge on any atom is -0.388 e. The molecule has 0 aromatic rings. The van der Waals surface area contributed by atoms with Gasteiger partial charge in [0.15, 0.2) is 0 Å². The molecule has 0 spiro atoms. The molecule has 6 heteroatoms. The molecule has 1 heterocycles. The summed E-state index contributed by atoms with van der Waals surface area (Å²) in [5, 5.41) is 10.2. The summed E-state index contributed by atoms with van der Waals surface area (Å²) in [6.07, 6.45) is 3.19. The highest BCUT2D eigenvalue weighted by atomic mass is 19.4. The summed E-state index contributed by atoms with van der Waals surface area (Å²) in [6, 6.07) is 0. The van der Waals surface area contributed by atoms with E-state index in [1.54, 1.807) is 6.08 Å². The van der Waals surface area contributed by atoms with E-state index in [1.807, 2.05) is 19.1 Å². The van der Waals surface area contributed by atoms with Crippen LogP contribution in [0.4, 0.5) is 13.2 Å². The Morgan fingerprint density at radius 2 is 2.08 bits per heavy atom. The third-order valence-electron chi connectivity index (χ3n) is 6.01. The van der Waals surface area contributed by atoms with Gasteiger partial charge < -0.3 is 10.0 Å². The largest absolute Gasteiger partial charge is 0.471 e. The zero-order valence-corrected chi connectivity index (χ0v) is 13.4. The maximum atomic E-state index is 12.7. The van der Waals surface area contributed by atoms with Gasteiger partial charge in [0.1, 0.15) is 0 Å². The first-order valence-electron chi connectivity index (χ1n) is 8.35. The van der Waals surface area contributed by atoms with Crippen LogP contribution in [-0.4, -0.2) is 41.3 Å². The van der Waals surface area contributed by atoms with Crippen molar-refractivity contribution < 1.29 is 23.1 Å². The summed E-state index contributed by atoms with van der Waals surface area (Å²) in [4.78, 5) is 12.4. The van der Waals surface area contributed by atoms with Crippen molar-refractivity contribution in [1.29, 1.82) is 0 Å². The van der Waals surface area contributed by atoms with Crippen molar-refractivity contribution in [2.75, 3.05) is 13.1 Å². The number of amides is 1. The van der Waals surface area contributed by atoms with Crippen LogP contribution in [0.15, 0.2) is 34.9 Å². The number of fused-ring (bicyclic) bond motifs is 1. The van der Waals surface area contributed by atoms with Crippen molar-refractivity contribution in [1.82, 2.24) is 4.90 Å². The van der Waals surface area contributed by atoms with Crippen LogP contribution < -0.4 is 0 Å². The number of aliphatic hydroxyl groups is 1. The van der Waals surface area contributed by atoms with E-state index in [4.69, 9.17) is 0 Å². The van der Waals surface area contributed by atoms with Gasteiger partial charge >= 0.3 is 12.1 Å². The summed E-state index contributed by atoms with van der Waals surface area (Å²) in [7, 11) is 0. The minimum absolute atomic E-state index is 0.0921. The average Bonchev–Trinajstić information content (AvgIpc) is 3.44. The monoisotopic (exact) mass is 339 g/mol. The van der Waals surface area contributed by atoms with Gasteiger partial charge in [-0.2, -0.15) is 13.2 Å². The highest BCUT2D eigenvalue weighted by molar-refractivity contribution is 5.82.